The van der Waals surface area contributed by atoms with Crippen LogP contribution < -0.4 is 0 Å². The van der Waals surface area contributed by atoms with Crippen molar-refractivity contribution < 1.29 is 4.79 Å². The monoisotopic (exact) mass is 245 g/mol. The molecule has 1 aromatic carbocycles. The number of hydrogen-bond acceptors (Lipinski definition) is 2. The molecule has 1 fully saturated rings. The van der Waals surface area contributed by atoms with Crippen molar-refractivity contribution >= 4 is 5.78 Å². The molecule has 18 heavy (non-hydrogen) atoms. The zero-order valence-electron chi connectivity index (χ0n) is 11.5. The molecular weight excluding hydrogens is 222 g/mol. The van der Waals surface area contributed by atoms with E-state index < -0.39 is 0 Å². The van der Waals surface area contributed by atoms with Gasteiger partial charge in [0.25, 0.3) is 0 Å². The fraction of sp³-hybridized carbons (Fsp3) is 0.562. The van der Waals surface area contributed by atoms with Crippen molar-refractivity contribution in [2.24, 2.45) is 0 Å². The molecule has 1 aliphatic rings. The van der Waals surface area contributed by atoms with Gasteiger partial charge in [0.1, 0.15) is 0 Å². The highest BCUT2D eigenvalue weighted by atomic mass is 16.1. The molecule has 0 saturated carbocycles. The van der Waals surface area contributed by atoms with Crippen LogP contribution in [0.3, 0.4) is 0 Å². The Balaban J connectivity index is 1.86. The number of likely N-dealkylation sites (tertiary alicyclic amines) is 1. The summed E-state index contributed by atoms with van der Waals surface area (Å²) in [4.78, 5) is 14.5. The standard InChI is InChI=1S/C16H23NO/c1-13-6-8-15(9-7-13)16(18)10-12-17-11-4-3-5-14(17)2/h6-9,14H,3-5,10-12H2,1-2H3. The fourth-order valence-corrected chi connectivity index (χ4v) is 2.62. The van der Waals surface area contributed by atoms with Gasteiger partial charge < -0.3 is 4.90 Å². The van der Waals surface area contributed by atoms with E-state index in [-0.39, 0.29) is 5.78 Å². The van der Waals surface area contributed by atoms with Crippen molar-refractivity contribution in [2.75, 3.05) is 13.1 Å². The van der Waals surface area contributed by atoms with Gasteiger partial charge in [-0.25, -0.2) is 0 Å². The maximum atomic E-state index is 12.1. The smallest absolute Gasteiger partial charge is 0.164 e. The first-order chi connectivity index (χ1) is 8.66. The summed E-state index contributed by atoms with van der Waals surface area (Å²) >= 11 is 0. The number of carbonyl (C=O) groups excluding carboxylic acids is 1. The van der Waals surface area contributed by atoms with Crippen LogP contribution in [0.15, 0.2) is 24.3 Å². The van der Waals surface area contributed by atoms with E-state index >= 15 is 0 Å². The third-order valence-electron chi connectivity index (χ3n) is 3.94. The van der Waals surface area contributed by atoms with Crippen LogP contribution >= 0.6 is 0 Å². The summed E-state index contributed by atoms with van der Waals surface area (Å²) in [6.45, 7) is 6.38. The number of piperidine rings is 1. The lowest BCUT2D eigenvalue weighted by molar-refractivity contribution is 0.0935. The van der Waals surface area contributed by atoms with E-state index in [4.69, 9.17) is 0 Å². The predicted octanol–water partition coefficient (Wildman–Crippen LogP) is 3.44. The van der Waals surface area contributed by atoms with Gasteiger partial charge in [-0.15, -0.1) is 0 Å². The van der Waals surface area contributed by atoms with Crippen LogP contribution in [0.4, 0.5) is 0 Å². The minimum atomic E-state index is 0.271. The summed E-state index contributed by atoms with van der Waals surface area (Å²) in [7, 11) is 0. The largest absolute Gasteiger partial charge is 0.300 e. The van der Waals surface area contributed by atoms with Gasteiger partial charge in [0.15, 0.2) is 5.78 Å². The first-order valence-electron chi connectivity index (χ1n) is 7.01. The molecule has 0 aromatic heterocycles. The number of ketones is 1. The molecule has 1 saturated heterocycles. The minimum absolute atomic E-state index is 0.271. The summed E-state index contributed by atoms with van der Waals surface area (Å²) in [6.07, 6.45) is 4.54. The predicted molar refractivity (Wildman–Crippen MR) is 75.0 cm³/mol. The zero-order chi connectivity index (χ0) is 13.0. The van der Waals surface area contributed by atoms with Crippen LogP contribution in [0.1, 0.15) is 48.5 Å². The number of hydrogen-bond donors (Lipinski definition) is 0. The highest BCUT2D eigenvalue weighted by Gasteiger charge is 2.18. The lowest BCUT2D eigenvalue weighted by atomic mass is 10.0. The van der Waals surface area contributed by atoms with E-state index in [0.29, 0.717) is 12.5 Å². The molecule has 1 atom stereocenters. The molecule has 1 aromatic rings. The van der Waals surface area contributed by atoms with Gasteiger partial charge >= 0.3 is 0 Å². The van der Waals surface area contributed by atoms with E-state index in [1.165, 1.54) is 24.8 Å². The molecule has 2 nitrogen and oxygen atoms in total. The Kier molecular flexibility index (Phi) is 4.54. The average molecular weight is 245 g/mol. The Labute approximate surface area is 110 Å². The van der Waals surface area contributed by atoms with Crippen LogP contribution in [0.2, 0.25) is 0 Å². The summed E-state index contributed by atoms with van der Waals surface area (Å²) in [5, 5.41) is 0. The second-order valence-corrected chi connectivity index (χ2v) is 5.42. The van der Waals surface area contributed by atoms with Crippen molar-refractivity contribution in [2.45, 2.75) is 45.6 Å². The molecule has 0 bridgehead atoms. The third kappa shape index (κ3) is 3.42. The topological polar surface area (TPSA) is 20.3 Å². The molecule has 1 aliphatic heterocycles. The Morgan fingerprint density at radius 2 is 2.00 bits per heavy atom. The Hall–Kier alpha value is -1.15. The molecule has 0 amide bonds. The second kappa shape index (κ2) is 6.14. The SMILES string of the molecule is Cc1ccc(C(=O)CCN2CCCCC2C)cc1. The molecule has 0 radical (unpaired) electrons. The number of benzene rings is 1. The van der Waals surface area contributed by atoms with Crippen LogP contribution in [0.25, 0.3) is 0 Å². The van der Waals surface area contributed by atoms with Crippen molar-refractivity contribution in [3.63, 3.8) is 0 Å². The van der Waals surface area contributed by atoms with Gasteiger partial charge in [-0.2, -0.15) is 0 Å². The molecule has 0 N–H and O–H groups in total. The Morgan fingerprint density at radius 1 is 1.28 bits per heavy atom. The lowest BCUT2D eigenvalue weighted by Crippen LogP contribution is -2.38. The molecule has 2 rings (SSSR count). The van der Waals surface area contributed by atoms with Crippen molar-refractivity contribution in [1.82, 2.24) is 4.90 Å². The molecule has 0 aliphatic carbocycles. The van der Waals surface area contributed by atoms with E-state index in [9.17, 15) is 4.79 Å². The quantitative estimate of drug-likeness (QED) is 0.757. The number of nitrogens with zero attached hydrogens (tertiary/aromatic N) is 1. The highest BCUT2D eigenvalue weighted by molar-refractivity contribution is 5.96. The van der Waals surface area contributed by atoms with E-state index in [1.54, 1.807) is 0 Å². The van der Waals surface area contributed by atoms with Gasteiger partial charge in [-0.3, -0.25) is 4.79 Å². The summed E-state index contributed by atoms with van der Waals surface area (Å²) in [6, 6.07) is 8.55. The third-order valence-corrected chi connectivity index (χ3v) is 3.94. The number of aryl methyl sites for hydroxylation is 1. The normalized spacial score (nSPS) is 20.9. The van der Waals surface area contributed by atoms with Crippen molar-refractivity contribution in [3.05, 3.63) is 35.4 Å². The van der Waals surface area contributed by atoms with E-state index in [1.807, 2.05) is 31.2 Å². The summed E-state index contributed by atoms with van der Waals surface area (Å²) in [5.41, 5.74) is 2.06. The maximum Gasteiger partial charge on any atom is 0.164 e. The van der Waals surface area contributed by atoms with Gasteiger partial charge in [0, 0.05) is 24.6 Å². The number of rotatable bonds is 4. The Morgan fingerprint density at radius 3 is 2.67 bits per heavy atom. The van der Waals surface area contributed by atoms with Crippen molar-refractivity contribution in [3.8, 4) is 0 Å². The lowest BCUT2D eigenvalue weighted by Gasteiger charge is -2.33. The minimum Gasteiger partial charge on any atom is -0.300 e. The molecule has 2 heteroatoms. The van der Waals surface area contributed by atoms with E-state index in [2.05, 4.69) is 11.8 Å². The van der Waals surface area contributed by atoms with E-state index in [0.717, 1.165) is 18.7 Å². The summed E-state index contributed by atoms with van der Waals surface area (Å²) in [5.74, 6) is 0.271. The van der Waals surface area contributed by atoms with Gasteiger partial charge in [-0.05, 0) is 33.2 Å². The van der Waals surface area contributed by atoms with Crippen LogP contribution in [0.5, 0.6) is 0 Å². The average Bonchev–Trinajstić information content (AvgIpc) is 2.38. The second-order valence-electron chi connectivity index (χ2n) is 5.42. The van der Waals surface area contributed by atoms with Crippen LogP contribution in [0, 0.1) is 6.92 Å². The molecule has 98 valence electrons. The van der Waals surface area contributed by atoms with Gasteiger partial charge in [-0.1, -0.05) is 36.2 Å². The maximum absolute atomic E-state index is 12.1. The summed E-state index contributed by atoms with van der Waals surface area (Å²) < 4.78 is 0. The van der Waals surface area contributed by atoms with Gasteiger partial charge in [0.05, 0.1) is 0 Å². The van der Waals surface area contributed by atoms with Crippen molar-refractivity contribution in [1.29, 1.82) is 0 Å². The highest BCUT2D eigenvalue weighted by Crippen LogP contribution is 2.17. The van der Waals surface area contributed by atoms with Gasteiger partial charge in [0.2, 0.25) is 0 Å². The first kappa shape index (κ1) is 13.3. The first-order valence-corrected chi connectivity index (χ1v) is 7.01. The molecule has 0 spiro atoms. The molecule has 1 unspecified atom stereocenters. The number of carbonyl (C=O) groups is 1. The van der Waals surface area contributed by atoms with Crippen LogP contribution in [-0.2, 0) is 0 Å². The molecule has 1 heterocycles. The Bertz CT molecular complexity index is 396. The zero-order valence-corrected chi connectivity index (χ0v) is 11.5. The number of Topliss-reactive ketones (excluding diaryl/α,β-unsaturated/α-hetero) is 1. The molecular formula is C16H23NO. The van der Waals surface area contributed by atoms with Crippen LogP contribution in [-0.4, -0.2) is 29.8 Å². The fourth-order valence-electron chi connectivity index (χ4n) is 2.62.